The van der Waals surface area contributed by atoms with E-state index in [0.29, 0.717) is 17.4 Å². The highest BCUT2D eigenvalue weighted by molar-refractivity contribution is 7.89. The van der Waals surface area contributed by atoms with Crippen LogP contribution in [0.25, 0.3) is 0 Å². The molecule has 168 valence electrons. The molecule has 0 saturated carbocycles. The van der Waals surface area contributed by atoms with Crippen molar-refractivity contribution in [3.8, 4) is 5.75 Å². The summed E-state index contributed by atoms with van der Waals surface area (Å²) in [5.41, 5.74) is 2.22. The molecule has 5 nitrogen and oxygen atoms in total. The molecule has 0 amide bonds. The van der Waals surface area contributed by atoms with Crippen LogP contribution in [-0.4, -0.2) is 25.9 Å². The summed E-state index contributed by atoms with van der Waals surface area (Å²) < 4.78 is 78.8. The first kappa shape index (κ1) is 22.3. The van der Waals surface area contributed by atoms with Crippen molar-refractivity contribution < 1.29 is 31.1 Å². The van der Waals surface area contributed by atoms with Crippen LogP contribution >= 0.6 is 0 Å². The molecule has 3 aromatic carbocycles. The van der Waals surface area contributed by atoms with E-state index in [0.717, 1.165) is 27.6 Å². The summed E-state index contributed by atoms with van der Waals surface area (Å²) in [6.45, 7) is 0.627. The van der Waals surface area contributed by atoms with Gasteiger partial charge in [-0.15, -0.1) is 0 Å². The molecule has 0 aromatic heterocycles. The Morgan fingerprint density at radius 3 is 2.31 bits per heavy atom. The molecule has 4 rings (SSSR count). The van der Waals surface area contributed by atoms with E-state index >= 15 is 0 Å². The Morgan fingerprint density at radius 1 is 0.875 bits per heavy atom. The minimum absolute atomic E-state index is 0.0181. The van der Waals surface area contributed by atoms with Gasteiger partial charge in [0, 0.05) is 24.7 Å². The van der Waals surface area contributed by atoms with Crippen molar-refractivity contribution >= 4 is 10.0 Å². The molecule has 1 aliphatic rings. The third kappa shape index (κ3) is 4.95. The summed E-state index contributed by atoms with van der Waals surface area (Å²) in [6, 6.07) is 13.7. The van der Waals surface area contributed by atoms with E-state index in [9.17, 15) is 21.6 Å². The minimum Gasteiger partial charge on any atom is -0.492 e. The highest BCUT2D eigenvalue weighted by Crippen LogP contribution is 2.29. The fraction of sp³-hybridized carbons (Fsp3) is 0.217. The number of hydrogen-bond donors (Lipinski definition) is 0. The summed E-state index contributed by atoms with van der Waals surface area (Å²) in [5, 5.41) is 0. The molecule has 0 fully saturated rings. The van der Waals surface area contributed by atoms with Gasteiger partial charge >= 0.3 is 0 Å². The maximum Gasteiger partial charge on any atom is 0.246 e. The van der Waals surface area contributed by atoms with Crippen LogP contribution in [0.15, 0.2) is 65.6 Å². The van der Waals surface area contributed by atoms with Gasteiger partial charge in [0.05, 0.1) is 13.2 Å². The summed E-state index contributed by atoms with van der Waals surface area (Å²) in [6.07, 6.45) is 0. The lowest BCUT2D eigenvalue weighted by Crippen LogP contribution is -2.33. The molecule has 1 heterocycles. The molecule has 0 radical (unpaired) electrons. The first-order valence-corrected chi connectivity index (χ1v) is 11.3. The number of ether oxygens (including phenoxy) is 2. The van der Waals surface area contributed by atoms with Crippen LogP contribution in [0, 0.1) is 17.5 Å². The first-order chi connectivity index (χ1) is 15.3. The van der Waals surface area contributed by atoms with Crippen LogP contribution in [0.2, 0.25) is 0 Å². The second kappa shape index (κ2) is 9.32. The molecule has 0 saturated heterocycles. The lowest BCUT2D eigenvalue weighted by atomic mass is 10.1. The van der Waals surface area contributed by atoms with Crippen LogP contribution in [-0.2, 0) is 34.5 Å². The van der Waals surface area contributed by atoms with Gasteiger partial charge in [-0.3, -0.25) is 0 Å². The van der Waals surface area contributed by atoms with Gasteiger partial charge in [0.25, 0.3) is 0 Å². The number of nitrogens with zero attached hydrogens (tertiary/aromatic N) is 1. The second-order valence-electron chi connectivity index (χ2n) is 7.32. The topological polar surface area (TPSA) is 55.8 Å². The summed E-state index contributed by atoms with van der Waals surface area (Å²) in [4.78, 5) is -0.582. The molecule has 1 aliphatic heterocycles. The number of sulfonamides is 1. The van der Waals surface area contributed by atoms with Gasteiger partial charge in [-0.2, -0.15) is 4.31 Å². The van der Waals surface area contributed by atoms with E-state index in [1.165, 1.54) is 12.1 Å². The van der Waals surface area contributed by atoms with Gasteiger partial charge in [0.1, 0.15) is 34.7 Å². The van der Waals surface area contributed by atoms with E-state index in [1.54, 1.807) is 24.3 Å². The Bertz CT molecular complexity index is 1220. The number of hydrogen-bond acceptors (Lipinski definition) is 4. The van der Waals surface area contributed by atoms with E-state index in [-0.39, 0.29) is 38.7 Å². The van der Waals surface area contributed by atoms with Crippen molar-refractivity contribution in [2.24, 2.45) is 0 Å². The maximum atomic E-state index is 14.1. The lowest BCUT2D eigenvalue weighted by molar-refractivity contribution is 0.107. The number of fused-ring (bicyclic) bond motifs is 1. The number of benzene rings is 3. The van der Waals surface area contributed by atoms with E-state index in [2.05, 4.69) is 0 Å². The van der Waals surface area contributed by atoms with Crippen molar-refractivity contribution in [1.82, 2.24) is 4.31 Å². The highest BCUT2D eigenvalue weighted by Gasteiger charge is 2.30. The zero-order chi connectivity index (χ0) is 22.7. The zero-order valence-corrected chi connectivity index (χ0v) is 17.7. The SMILES string of the molecule is O=S(=O)(c1ccc(F)cc1F)N1CCOc2ccc(COCc3ccc(F)cc3)cc2C1. The Hall–Kier alpha value is -2.88. The van der Waals surface area contributed by atoms with E-state index in [1.807, 2.05) is 6.07 Å². The molecule has 0 N–H and O–H groups in total. The monoisotopic (exact) mass is 463 g/mol. The lowest BCUT2D eigenvalue weighted by Gasteiger charge is -2.20. The van der Waals surface area contributed by atoms with Gasteiger partial charge in [-0.05, 0) is 47.5 Å². The Morgan fingerprint density at radius 2 is 1.56 bits per heavy atom. The molecule has 0 atom stereocenters. The fourth-order valence-electron chi connectivity index (χ4n) is 3.41. The molecule has 3 aromatic rings. The average molecular weight is 463 g/mol. The Labute approximate surface area is 184 Å². The van der Waals surface area contributed by atoms with Crippen LogP contribution in [0.5, 0.6) is 5.75 Å². The summed E-state index contributed by atoms with van der Waals surface area (Å²) in [5.74, 6) is -1.78. The molecule has 9 heteroatoms. The molecular weight excluding hydrogens is 443 g/mol. The molecule has 0 aliphatic carbocycles. The molecule has 0 bridgehead atoms. The molecular formula is C23H20F3NO4S. The molecule has 0 spiro atoms. The maximum absolute atomic E-state index is 14.1. The third-order valence-electron chi connectivity index (χ3n) is 5.03. The van der Waals surface area contributed by atoms with Crippen LogP contribution in [0.3, 0.4) is 0 Å². The highest BCUT2D eigenvalue weighted by atomic mass is 32.2. The van der Waals surface area contributed by atoms with Crippen LogP contribution in [0.1, 0.15) is 16.7 Å². The van der Waals surface area contributed by atoms with E-state index in [4.69, 9.17) is 9.47 Å². The fourth-order valence-corrected chi connectivity index (χ4v) is 4.86. The van der Waals surface area contributed by atoms with Gasteiger partial charge < -0.3 is 9.47 Å². The van der Waals surface area contributed by atoms with E-state index < -0.39 is 26.6 Å². The van der Waals surface area contributed by atoms with Crippen molar-refractivity contribution in [2.75, 3.05) is 13.2 Å². The van der Waals surface area contributed by atoms with Gasteiger partial charge in [-0.25, -0.2) is 21.6 Å². The Kier molecular flexibility index (Phi) is 6.50. The average Bonchev–Trinajstić information content (AvgIpc) is 2.97. The Balaban J connectivity index is 1.49. The quantitative estimate of drug-likeness (QED) is 0.544. The summed E-state index contributed by atoms with van der Waals surface area (Å²) >= 11 is 0. The van der Waals surface area contributed by atoms with Gasteiger partial charge in [0.2, 0.25) is 10.0 Å². The largest absolute Gasteiger partial charge is 0.492 e. The molecule has 0 unspecified atom stereocenters. The number of rotatable bonds is 6. The normalized spacial score (nSPS) is 14.5. The molecule has 32 heavy (non-hydrogen) atoms. The van der Waals surface area contributed by atoms with Gasteiger partial charge in [0.15, 0.2) is 0 Å². The van der Waals surface area contributed by atoms with Crippen LogP contribution in [0.4, 0.5) is 13.2 Å². The summed E-state index contributed by atoms with van der Waals surface area (Å²) in [7, 11) is -4.20. The minimum atomic E-state index is -4.20. The smallest absolute Gasteiger partial charge is 0.246 e. The van der Waals surface area contributed by atoms with Crippen molar-refractivity contribution in [2.45, 2.75) is 24.7 Å². The van der Waals surface area contributed by atoms with Crippen molar-refractivity contribution in [3.05, 3.63) is 94.8 Å². The predicted molar refractivity (Wildman–Crippen MR) is 111 cm³/mol. The number of halogens is 3. The van der Waals surface area contributed by atoms with Gasteiger partial charge in [-0.1, -0.05) is 18.2 Å². The van der Waals surface area contributed by atoms with Crippen molar-refractivity contribution in [1.29, 1.82) is 0 Å². The predicted octanol–water partition coefficient (Wildman–Crippen LogP) is 4.40. The first-order valence-electron chi connectivity index (χ1n) is 9.85. The van der Waals surface area contributed by atoms with Crippen LogP contribution < -0.4 is 4.74 Å². The zero-order valence-electron chi connectivity index (χ0n) is 16.9. The standard InChI is InChI=1S/C23H20F3NO4S/c24-19-4-1-16(2-5-19)14-30-15-17-3-7-22-18(11-17)13-27(9-10-31-22)32(28,29)23-8-6-20(25)12-21(23)26/h1-8,11-12H,9-10,13-15H2. The third-order valence-corrected chi connectivity index (χ3v) is 6.91. The second-order valence-corrected chi connectivity index (χ2v) is 9.23. The van der Waals surface area contributed by atoms with Crippen molar-refractivity contribution in [3.63, 3.8) is 0 Å².